The molecule has 8 heteroatoms. The van der Waals surface area contributed by atoms with Crippen LogP contribution in [0.2, 0.25) is 0 Å². The zero-order valence-corrected chi connectivity index (χ0v) is 13.3. The van der Waals surface area contributed by atoms with Crippen molar-refractivity contribution in [2.75, 3.05) is 13.1 Å². The minimum atomic E-state index is -1.95. The van der Waals surface area contributed by atoms with Crippen LogP contribution in [0.4, 0.5) is 0 Å². The maximum Gasteiger partial charge on any atom is 2.00 e. The summed E-state index contributed by atoms with van der Waals surface area (Å²) in [6, 6.07) is 0. The Balaban J connectivity index is 0.000000359. The molecule has 0 heterocycles. The van der Waals surface area contributed by atoms with E-state index in [4.69, 9.17) is 16.6 Å². The monoisotopic (exact) mass is 467 g/mol. The van der Waals surface area contributed by atoms with Gasteiger partial charge in [-0.25, -0.2) is 0 Å². The summed E-state index contributed by atoms with van der Waals surface area (Å²) < 4.78 is 0. The maximum absolute atomic E-state index is 10.2. The number of rotatable bonds is 4. The number of hydrogen-bond acceptors (Lipinski definition) is 7. The first-order valence-corrected chi connectivity index (χ1v) is 6.38. The molecule has 7 nitrogen and oxygen atoms in total. The zero-order chi connectivity index (χ0) is 14.6. The van der Waals surface area contributed by atoms with Crippen LogP contribution in [0.25, 0.3) is 0 Å². The molecule has 118 valence electrons. The molecule has 0 radical (unpaired) electrons. The van der Waals surface area contributed by atoms with E-state index in [1.807, 2.05) is 0 Å². The molecule has 5 N–H and O–H groups in total. The van der Waals surface area contributed by atoms with Crippen molar-refractivity contribution in [1.29, 1.82) is 0 Å². The van der Waals surface area contributed by atoms with E-state index in [2.05, 4.69) is 0 Å². The molecule has 2 fully saturated rings. The summed E-state index contributed by atoms with van der Waals surface area (Å²) in [7, 11) is 0. The normalized spacial score (nSPS) is 26.9. The largest absolute Gasteiger partial charge is 2.00 e. The Hall–Kier alpha value is -0.492. The topological polar surface area (TPSA) is 153 Å². The second-order valence-electron chi connectivity index (χ2n) is 5.29. The molecule has 20 heavy (non-hydrogen) atoms. The molecule has 0 aromatic carbocycles. The van der Waals surface area contributed by atoms with Crippen molar-refractivity contribution in [3.8, 4) is 0 Å². The molecule has 0 saturated heterocycles. The molecular formula is C12H20N2O5Pt. The number of carbonyl (C=O) groups is 2. The van der Waals surface area contributed by atoms with Gasteiger partial charge in [0, 0.05) is 0 Å². The fourth-order valence-corrected chi connectivity index (χ4v) is 2.42. The quantitative estimate of drug-likeness (QED) is 0.364. The predicted octanol–water partition coefficient (Wildman–Crippen LogP) is -3.45. The molecule has 2 rings (SSSR count). The van der Waals surface area contributed by atoms with Crippen LogP contribution in [0.3, 0.4) is 0 Å². The average molecular weight is 467 g/mol. The van der Waals surface area contributed by atoms with Gasteiger partial charge in [-0.1, -0.05) is 0 Å². The first-order chi connectivity index (χ1) is 8.87. The standard InChI is InChI=1S/C6H14N2.C6H8O5.Pt/c7-3-5-1-2-6(5)4-8;7-3-1-6(2-3,4(8)9)5(10)11;/h5-6H,1-4,7-8H2;3,7H,1-2H2,(H,8,9)(H,10,11);/q;;+2/p-2. The number of carboxylic acids is 2. The summed E-state index contributed by atoms with van der Waals surface area (Å²) in [5.41, 5.74) is 8.94. The van der Waals surface area contributed by atoms with E-state index < -0.39 is 23.5 Å². The van der Waals surface area contributed by atoms with E-state index >= 15 is 0 Å². The Morgan fingerprint density at radius 2 is 1.40 bits per heavy atom. The Kier molecular flexibility index (Phi) is 7.88. The maximum atomic E-state index is 10.2. The van der Waals surface area contributed by atoms with Gasteiger partial charge in [-0.15, -0.1) is 0 Å². The molecular weight excluding hydrogens is 447 g/mol. The number of hydrogen-bond donors (Lipinski definition) is 3. The number of aliphatic hydroxyl groups excluding tert-OH is 1. The van der Waals surface area contributed by atoms with Crippen LogP contribution in [0.15, 0.2) is 0 Å². The third kappa shape index (κ3) is 4.01. The van der Waals surface area contributed by atoms with Crippen molar-refractivity contribution in [2.45, 2.75) is 31.8 Å². The summed E-state index contributed by atoms with van der Waals surface area (Å²) in [5.74, 6) is -1.86. The number of carbonyl (C=O) groups excluding carboxylic acids is 2. The van der Waals surface area contributed by atoms with Crippen LogP contribution in [0.5, 0.6) is 0 Å². The van der Waals surface area contributed by atoms with E-state index in [9.17, 15) is 19.8 Å². The van der Waals surface area contributed by atoms with Crippen LogP contribution in [-0.2, 0) is 30.7 Å². The number of aliphatic carboxylic acids is 2. The second kappa shape index (κ2) is 8.07. The van der Waals surface area contributed by atoms with E-state index in [0.29, 0.717) is 0 Å². The van der Waals surface area contributed by atoms with Crippen LogP contribution < -0.4 is 21.7 Å². The van der Waals surface area contributed by atoms with E-state index in [1.54, 1.807) is 0 Å². The van der Waals surface area contributed by atoms with E-state index in [0.717, 1.165) is 24.9 Å². The fourth-order valence-electron chi connectivity index (χ4n) is 2.42. The molecule has 0 spiro atoms. The van der Waals surface area contributed by atoms with Crippen molar-refractivity contribution in [3.63, 3.8) is 0 Å². The Labute approximate surface area is 132 Å². The van der Waals surface area contributed by atoms with Gasteiger partial charge in [-0.2, -0.15) is 0 Å². The minimum Gasteiger partial charge on any atom is -0.549 e. The molecule has 0 amide bonds. The molecule has 2 aliphatic carbocycles. The van der Waals surface area contributed by atoms with Crippen molar-refractivity contribution in [3.05, 3.63) is 0 Å². The molecule has 0 bridgehead atoms. The molecule has 2 aliphatic rings. The molecule has 2 unspecified atom stereocenters. The molecule has 0 aromatic heterocycles. The first-order valence-electron chi connectivity index (χ1n) is 6.38. The van der Waals surface area contributed by atoms with E-state index in [-0.39, 0.29) is 33.9 Å². The van der Waals surface area contributed by atoms with Crippen molar-refractivity contribution in [2.24, 2.45) is 28.7 Å². The van der Waals surface area contributed by atoms with E-state index in [1.165, 1.54) is 12.8 Å². The zero-order valence-electron chi connectivity index (χ0n) is 11.0. The van der Waals surface area contributed by atoms with Crippen LogP contribution in [0, 0.1) is 17.3 Å². The average Bonchev–Trinajstić information content (AvgIpc) is 2.24. The van der Waals surface area contributed by atoms with Crippen molar-refractivity contribution < 1.29 is 46.0 Å². The molecule has 0 aromatic rings. The first kappa shape index (κ1) is 19.5. The number of carboxylic acid groups (broad SMARTS) is 2. The molecule has 2 saturated carbocycles. The third-order valence-electron chi connectivity index (χ3n) is 4.13. The predicted molar refractivity (Wildman–Crippen MR) is 62.0 cm³/mol. The van der Waals surface area contributed by atoms with Crippen molar-refractivity contribution in [1.82, 2.24) is 0 Å². The Morgan fingerprint density at radius 1 is 1.05 bits per heavy atom. The van der Waals surface area contributed by atoms with Gasteiger partial charge in [-0.05, 0) is 50.6 Å². The Bertz CT molecular complexity index is 317. The minimum absolute atomic E-state index is 0. The van der Waals surface area contributed by atoms with Gasteiger partial charge in [-0.3, -0.25) is 0 Å². The summed E-state index contributed by atoms with van der Waals surface area (Å²) in [6.45, 7) is 1.67. The second-order valence-corrected chi connectivity index (χ2v) is 5.29. The molecule has 0 aliphatic heterocycles. The SMILES string of the molecule is NCC1CCC1CN.O=C([O-])C1(C(=O)[O-])CC(O)C1.[Pt+2]. The number of nitrogens with two attached hydrogens (primary N) is 2. The third-order valence-corrected chi connectivity index (χ3v) is 4.13. The molecule has 2 atom stereocenters. The van der Waals surface area contributed by atoms with Gasteiger partial charge in [0.15, 0.2) is 0 Å². The van der Waals surface area contributed by atoms with Gasteiger partial charge in [0.1, 0.15) is 0 Å². The van der Waals surface area contributed by atoms with Crippen LogP contribution >= 0.6 is 0 Å². The van der Waals surface area contributed by atoms with Gasteiger partial charge in [0.25, 0.3) is 0 Å². The summed E-state index contributed by atoms with van der Waals surface area (Å²) in [5, 5.41) is 29.2. The summed E-state index contributed by atoms with van der Waals surface area (Å²) >= 11 is 0. The summed E-state index contributed by atoms with van der Waals surface area (Å²) in [4.78, 5) is 20.5. The van der Waals surface area contributed by atoms with Gasteiger partial charge in [0.05, 0.1) is 23.5 Å². The van der Waals surface area contributed by atoms with Gasteiger partial charge < -0.3 is 36.4 Å². The number of aliphatic hydroxyl groups is 1. The smallest absolute Gasteiger partial charge is 0.549 e. The van der Waals surface area contributed by atoms with Gasteiger partial charge >= 0.3 is 21.1 Å². The van der Waals surface area contributed by atoms with Crippen molar-refractivity contribution >= 4 is 11.9 Å². The van der Waals surface area contributed by atoms with Crippen LogP contribution in [-0.4, -0.2) is 36.2 Å². The summed E-state index contributed by atoms with van der Waals surface area (Å²) in [6.07, 6.45) is 1.14. The van der Waals surface area contributed by atoms with Gasteiger partial charge in [0.2, 0.25) is 0 Å². The Morgan fingerprint density at radius 3 is 1.50 bits per heavy atom. The van der Waals surface area contributed by atoms with Crippen LogP contribution in [0.1, 0.15) is 25.7 Å². The fraction of sp³-hybridized carbons (Fsp3) is 0.833.